The first-order valence-corrected chi connectivity index (χ1v) is 5.84. The van der Waals surface area contributed by atoms with Crippen molar-refractivity contribution in [1.29, 1.82) is 0 Å². The Morgan fingerprint density at radius 1 is 1.41 bits per heavy atom. The van der Waals surface area contributed by atoms with Gasteiger partial charge in [-0.25, -0.2) is 0 Å². The Labute approximate surface area is 103 Å². The average Bonchev–Trinajstić information content (AvgIpc) is 2.36. The van der Waals surface area contributed by atoms with Gasteiger partial charge in [0.1, 0.15) is 0 Å². The number of benzene rings is 1. The van der Waals surface area contributed by atoms with Crippen LogP contribution in [0, 0.1) is 0 Å². The number of hydrogen-bond acceptors (Lipinski definition) is 3. The van der Waals surface area contributed by atoms with Crippen LogP contribution in [0.25, 0.3) is 0 Å². The van der Waals surface area contributed by atoms with Gasteiger partial charge in [-0.05, 0) is 19.0 Å². The van der Waals surface area contributed by atoms with Crippen molar-refractivity contribution in [3.63, 3.8) is 0 Å². The van der Waals surface area contributed by atoms with Gasteiger partial charge in [0.15, 0.2) is 0 Å². The second-order valence-corrected chi connectivity index (χ2v) is 4.16. The molecule has 0 saturated heterocycles. The molecule has 0 saturated carbocycles. The molecular weight excluding hydrogens is 214 g/mol. The minimum absolute atomic E-state index is 0.0101. The van der Waals surface area contributed by atoms with Crippen LogP contribution in [0.3, 0.4) is 0 Å². The van der Waals surface area contributed by atoms with Crippen LogP contribution in [-0.4, -0.2) is 44.0 Å². The molecule has 3 N–H and O–H groups in total. The van der Waals surface area contributed by atoms with Gasteiger partial charge in [0.05, 0.1) is 6.04 Å². The molecule has 4 nitrogen and oxygen atoms in total. The van der Waals surface area contributed by atoms with E-state index < -0.39 is 6.04 Å². The van der Waals surface area contributed by atoms with Crippen molar-refractivity contribution in [1.82, 2.24) is 10.2 Å². The topological polar surface area (TPSA) is 58.4 Å². The molecule has 0 aliphatic carbocycles. The highest BCUT2D eigenvalue weighted by Gasteiger charge is 2.17. The highest BCUT2D eigenvalue weighted by molar-refractivity contribution is 5.81. The van der Waals surface area contributed by atoms with Crippen molar-refractivity contribution in [2.75, 3.05) is 27.2 Å². The fourth-order valence-corrected chi connectivity index (χ4v) is 1.63. The molecule has 0 bridgehead atoms. The predicted octanol–water partition coefficient (Wildman–Crippen LogP) is 0.234. The van der Waals surface area contributed by atoms with E-state index in [1.807, 2.05) is 37.4 Å². The first-order valence-electron chi connectivity index (χ1n) is 5.84. The van der Waals surface area contributed by atoms with Crippen LogP contribution in [-0.2, 0) is 11.2 Å². The Morgan fingerprint density at radius 3 is 2.65 bits per heavy atom. The third kappa shape index (κ3) is 4.54. The number of carbonyl (C=O) groups excluding carboxylic acids is 1. The maximum Gasteiger partial charge on any atom is 0.239 e. The zero-order valence-corrected chi connectivity index (χ0v) is 10.5. The molecule has 4 heteroatoms. The number of rotatable bonds is 6. The second-order valence-electron chi connectivity index (χ2n) is 4.16. The molecule has 1 rings (SSSR count). The summed E-state index contributed by atoms with van der Waals surface area (Å²) >= 11 is 0. The first-order chi connectivity index (χ1) is 8.15. The molecule has 1 aromatic carbocycles. The van der Waals surface area contributed by atoms with E-state index in [0.29, 0.717) is 13.0 Å². The normalized spacial score (nSPS) is 12.2. The van der Waals surface area contributed by atoms with Gasteiger partial charge in [-0.2, -0.15) is 0 Å². The van der Waals surface area contributed by atoms with Gasteiger partial charge in [0, 0.05) is 20.1 Å². The lowest BCUT2D eigenvalue weighted by Gasteiger charge is -2.21. The SMILES string of the molecule is CNCCN(C)C(=O)C(N)Cc1ccccc1. The van der Waals surface area contributed by atoms with E-state index in [0.717, 1.165) is 12.1 Å². The summed E-state index contributed by atoms with van der Waals surface area (Å²) in [5, 5.41) is 3.01. The standard InChI is InChI=1S/C13H21N3O/c1-15-8-9-16(2)13(17)12(14)10-11-6-4-3-5-7-11/h3-7,12,15H,8-10,14H2,1-2H3. The lowest BCUT2D eigenvalue weighted by Crippen LogP contribution is -2.44. The molecule has 0 aliphatic rings. The quantitative estimate of drug-likeness (QED) is 0.742. The van der Waals surface area contributed by atoms with Crippen molar-refractivity contribution in [2.24, 2.45) is 5.73 Å². The van der Waals surface area contributed by atoms with Crippen LogP contribution in [0.2, 0.25) is 0 Å². The second kappa shape index (κ2) is 7.04. The fourth-order valence-electron chi connectivity index (χ4n) is 1.63. The van der Waals surface area contributed by atoms with Gasteiger partial charge in [-0.3, -0.25) is 4.79 Å². The lowest BCUT2D eigenvalue weighted by molar-refractivity contribution is -0.131. The molecule has 1 atom stereocenters. The van der Waals surface area contributed by atoms with E-state index in [-0.39, 0.29) is 5.91 Å². The number of nitrogens with two attached hydrogens (primary N) is 1. The molecule has 17 heavy (non-hydrogen) atoms. The van der Waals surface area contributed by atoms with E-state index in [9.17, 15) is 4.79 Å². The molecule has 1 amide bonds. The van der Waals surface area contributed by atoms with Gasteiger partial charge in [-0.15, -0.1) is 0 Å². The van der Waals surface area contributed by atoms with E-state index >= 15 is 0 Å². The number of nitrogens with one attached hydrogen (secondary N) is 1. The average molecular weight is 235 g/mol. The maximum absolute atomic E-state index is 11.9. The smallest absolute Gasteiger partial charge is 0.239 e. The molecule has 0 aliphatic heterocycles. The number of amides is 1. The van der Waals surface area contributed by atoms with Gasteiger partial charge in [0.25, 0.3) is 0 Å². The van der Waals surface area contributed by atoms with Gasteiger partial charge >= 0.3 is 0 Å². The summed E-state index contributed by atoms with van der Waals surface area (Å²) in [7, 11) is 3.65. The third-order valence-electron chi connectivity index (χ3n) is 2.69. The molecule has 0 aromatic heterocycles. The van der Waals surface area contributed by atoms with Crippen LogP contribution < -0.4 is 11.1 Å². The number of nitrogens with zero attached hydrogens (tertiary/aromatic N) is 1. The molecule has 0 heterocycles. The van der Waals surface area contributed by atoms with Crippen LogP contribution in [0.1, 0.15) is 5.56 Å². The molecule has 0 spiro atoms. The summed E-state index contributed by atoms with van der Waals surface area (Å²) in [6.07, 6.45) is 0.587. The molecular formula is C13H21N3O. The minimum Gasteiger partial charge on any atom is -0.343 e. The molecule has 94 valence electrons. The van der Waals surface area contributed by atoms with Crippen molar-refractivity contribution in [3.05, 3.63) is 35.9 Å². The van der Waals surface area contributed by atoms with Crippen molar-refractivity contribution >= 4 is 5.91 Å². The summed E-state index contributed by atoms with van der Waals surface area (Å²) < 4.78 is 0. The predicted molar refractivity (Wildman–Crippen MR) is 69.7 cm³/mol. The zero-order valence-electron chi connectivity index (χ0n) is 10.5. The Bertz CT molecular complexity index is 340. The molecule has 0 radical (unpaired) electrons. The van der Waals surface area contributed by atoms with Gasteiger partial charge in [-0.1, -0.05) is 30.3 Å². The van der Waals surface area contributed by atoms with E-state index in [1.165, 1.54) is 0 Å². The molecule has 1 aromatic rings. The summed E-state index contributed by atoms with van der Waals surface area (Å²) in [6.45, 7) is 1.46. The highest BCUT2D eigenvalue weighted by Crippen LogP contribution is 2.03. The molecule has 1 unspecified atom stereocenters. The van der Waals surface area contributed by atoms with Crippen LogP contribution in [0.5, 0.6) is 0 Å². The number of likely N-dealkylation sites (N-methyl/N-ethyl adjacent to an activating group) is 2. The van der Waals surface area contributed by atoms with E-state index in [2.05, 4.69) is 5.32 Å². The fraction of sp³-hybridized carbons (Fsp3) is 0.462. The molecule has 0 fully saturated rings. The summed E-state index contributed by atoms with van der Waals surface area (Å²) in [4.78, 5) is 13.6. The van der Waals surface area contributed by atoms with Crippen molar-refractivity contribution < 1.29 is 4.79 Å². The van der Waals surface area contributed by atoms with Crippen molar-refractivity contribution in [3.8, 4) is 0 Å². The summed E-state index contributed by atoms with van der Waals surface area (Å²) in [5.74, 6) is -0.0101. The van der Waals surface area contributed by atoms with Crippen LogP contribution in [0.4, 0.5) is 0 Å². The number of carbonyl (C=O) groups is 1. The number of hydrogen-bond donors (Lipinski definition) is 2. The lowest BCUT2D eigenvalue weighted by atomic mass is 10.1. The Hall–Kier alpha value is -1.39. The Balaban J connectivity index is 2.47. The first kappa shape index (κ1) is 13.7. The van der Waals surface area contributed by atoms with E-state index in [4.69, 9.17) is 5.73 Å². The van der Waals surface area contributed by atoms with Crippen molar-refractivity contribution in [2.45, 2.75) is 12.5 Å². The van der Waals surface area contributed by atoms with Gasteiger partial charge in [0.2, 0.25) is 5.91 Å². The Kier molecular flexibility index (Phi) is 5.66. The third-order valence-corrected chi connectivity index (χ3v) is 2.69. The van der Waals surface area contributed by atoms with E-state index in [1.54, 1.807) is 11.9 Å². The summed E-state index contributed by atoms with van der Waals surface area (Å²) in [5.41, 5.74) is 7.00. The van der Waals surface area contributed by atoms with Gasteiger partial charge < -0.3 is 16.0 Å². The maximum atomic E-state index is 11.9. The van der Waals surface area contributed by atoms with Crippen LogP contribution >= 0.6 is 0 Å². The zero-order chi connectivity index (χ0) is 12.7. The van der Waals surface area contributed by atoms with Crippen LogP contribution in [0.15, 0.2) is 30.3 Å². The highest BCUT2D eigenvalue weighted by atomic mass is 16.2. The monoisotopic (exact) mass is 235 g/mol. The largest absolute Gasteiger partial charge is 0.343 e. The Morgan fingerprint density at radius 2 is 2.06 bits per heavy atom. The summed E-state index contributed by atoms with van der Waals surface area (Å²) in [6, 6.07) is 9.38. The minimum atomic E-state index is -0.459.